The molecule has 0 aliphatic rings. The van der Waals surface area contributed by atoms with Gasteiger partial charge in [-0.3, -0.25) is 0 Å². The van der Waals surface area contributed by atoms with Crippen LogP contribution in [0.5, 0.6) is 0 Å². The van der Waals surface area contributed by atoms with Gasteiger partial charge in [0.05, 0.1) is 0 Å². The van der Waals surface area contributed by atoms with Crippen molar-refractivity contribution in [2.45, 2.75) is 54.1 Å². The molecule has 0 radical (unpaired) electrons. The fourth-order valence-electron chi connectivity index (χ4n) is 1.76. The van der Waals surface area contributed by atoms with E-state index < -0.39 is 68.8 Å². The Labute approximate surface area is 175 Å². The second-order valence-corrected chi connectivity index (χ2v) is 7.81. The molecule has 0 fully saturated rings. The quantitative estimate of drug-likeness (QED) is 0.179. The number of nitrogens with two attached hydrogens (primary N) is 2. The van der Waals surface area contributed by atoms with E-state index >= 15 is 0 Å². The molecular weight excluding hydrogens is 566 g/mol. The molecule has 0 aliphatic heterocycles. The van der Waals surface area contributed by atoms with Crippen molar-refractivity contribution in [3.8, 4) is 0 Å². The normalized spacial score (nSPS) is 16.7. The van der Waals surface area contributed by atoms with E-state index in [1.54, 1.807) is 0 Å². The molecule has 0 amide bonds. The Hall–Kier alpha value is -1.00. The van der Waals surface area contributed by atoms with E-state index in [1.165, 1.54) is 0 Å². The molecule has 5 N–H and O–H groups in total. The molecule has 0 heterocycles. The Morgan fingerprint density at radius 2 is 0.824 bits per heavy atom. The summed E-state index contributed by atoms with van der Waals surface area (Å²) in [4.78, 5) is 9.03. The summed E-state index contributed by atoms with van der Waals surface area (Å²) in [6, 6.07) is 0. The van der Waals surface area contributed by atoms with Crippen molar-refractivity contribution >= 4 is 8.17 Å². The summed E-state index contributed by atoms with van der Waals surface area (Å²) in [5, 5.41) is 0. The maximum atomic E-state index is 13.5. The molecular formula is C10H10F17N2O4P. The third kappa shape index (κ3) is 4.83. The first-order valence-electron chi connectivity index (χ1n) is 7.41. The summed E-state index contributed by atoms with van der Waals surface area (Å²) in [6.45, 7) is -2.18. The fourth-order valence-corrected chi connectivity index (χ4v) is 2.31. The zero-order valence-electron chi connectivity index (χ0n) is 15.2. The van der Waals surface area contributed by atoms with Gasteiger partial charge in [-0.1, -0.05) is 0 Å². The van der Waals surface area contributed by atoms with Crippen molar-refractivity contribution in [1.29, 1.82) is 0 Å². The average molecular weight is 576 g/mol. The van der Waals surface area contributed by atoms with Crippen LogP contribution in [0, 0.1) is 0 Å². The van der Waals surface area contributed by atoms with Gasteiger partial charge >= 0.3 is 174 Å². The van der Waals surface area contributed by atoms with Crippen molar-refractivity contribution in [2.75, 3.05) is 6.61 Å². The van der Waals surface area contributed by atoms with Gasteiger partial charge in [0.1, 0.15) is 0 Å². The van der Waals surface area contributed by atoms with Crippen molar-refractivity contribution in [2.24, 2.45) is 11.8 Å². The van der Waals surface area contributed by atoms with Crippen LogP contribution in [0.4, 0.5) is 74.6 Å². The zero-order chi connectivity index (χ0) is 28.0. The topological polar surface area (TPSA) is 100.0 Å². The molecule has 0 aromatic carbocycles. The van der Waals surface area contributed by atoms with Crippen LogP contribution in [0.15, 0.2) is 0 Å². The van der Waals surface area contributed by atoms with Gasteiger partial charge in [0, 0.05) is 0 Å². The van der Waals surface area contributed by atoms with E-state index in [4.69, 9.17) is 4.89 Å². The van der Waals surface area contributed by atoms with E-state index in [0.29, 0.717) is 0 Å². The summed E-state index contributed by atoms with van der Waals surface area (Å²) in [5.74, 6) is -48.7. The number of rotatable bonds is 12. The fraction of sp³-hybridized carbons (Fsp3) is 1.00. The predicted molar refractivity (Wildman–Crippen MR) is 72.3 cm³/mol. The number of hydrogen-bond acceptors (Lipinski definition) is 6. The number of halogens is 17. The Morgan fingerprint density at radius 3 is 1.12 bits per heavy atom. The molecule has 24 heteroatoms. The van der Waals surface area contributed by atoms with Crippen molar-refractivity contribution in [3.63, 3.8) is 0 Å². The van der Waals surface area contributed by atoms with Crippen LogP contribution in [-0.4, -0.2) is 59.1 Å². The van der Waals surface area contributed by atoms with E-state index in [-0.39, 0.29) is 0 Å². The molecule has 0 saturated carbocycles. The summed E-state index contributed by atoms with van der Waals surface area (Å²) >= 11 is 0. The van der Waals surface area contributed by atoms with Crippen LogP contribution >= 0.6 is 8.17 Å². The van der Waals surface area contributed by atoms with Crippen molar-refractivity contribution in [3.05, 3.63) is 0 Å². The Balaban J connectivity index is 6.35. The van der Waals surface area contributed by atoms with Gasteiger partial charge < -0.3 is 0 Å². The minimum atomic E-state index is -8.72. The summed E-state index contributed by atoms with van der Waals surface area (Å²) in [6.07, 6.45) is -10.8. The Bertz CT molecular complexity index is 711. The van der Waals surface area contributed by atoms with Crippen LogP contribution < -0.4 is 11.8 Å². The average Bonchev–Trinajstić information content (AvgIpc) is 2.65. The standard InChI is InChI=1S/C10H10F17N2O4P/c11-3(12,1-2-31-34(30,32-28)33-29)4(13,14)5(15,16)6(17,18)7(19,20)8(21,22)9(23,24)10(25,26)27/h30,34H,1-2,28-29H2. The molecule has 0 bridgehead atoms. The van der Waals surface area contributed by atoms with Gasteiger partial charge in [0.15, 0.2) is 0 Å². The van der Waals surface area contributed by atoms with E-state index in [9.17, 15) is 74.6 Å². The van der Waals surface area contributed by atoms with Gasteiger partial charge in [0.25, 0.3) is 0 Å². The Kier molecular flexibility index (Phi) is 8.87. The molecule has 0 unspecified atom stereocenters. The SMILES string of the molecule is NO[PH](O)(ON)OCCC(F)(F)C(F)(F)C(F)(F)C(F)(F)C(F)(F)C(F)(F)C(F)(F)C(F)(F)F. The molecule has 0 saturated heterocycles. The van der Waals surface area contributed by atoms with E-state index in [1.807, 2.05) is 0 Å². The molecule has 34 heavy (non-hydrogen) atoms. The molecule has 6 nitrogen and oxygen atoms in total. The van der Waals surface area contributed by atoms with Crippen molar-refractivity contribution < 1.29 is 93.3 Å². The van der Waals surface area contributed by atoms with E-state index in [2.05, 4.69) is 25.6 Å². The molecule has 208 valence electrons. The monoisotopic (exact) mass is 576 g/mol. The predicted octanol–water partition coefficient (Wildman–Crippen LogP) is 4.59. The Morgan fingerprint density at radius 1 is 0.529 bits per heavy atom. The molecule has 0 aromatic heterocycles. The number of alkyl halides is 17. The van der Waals surface area contributed by atoms with Crippen LogP contribution in [0.25, 0.3) is 0 Å². The van der Waals surface area contributed by atoms with Gasteiger partial charge in [0.2, 0.25) is 0 Å². The molecule has 0 aliphatic carbocycles. The van der Waals surface area contributed by atoms with Crippen molar-refractivity contribution in [1.82, 2.24) is 0 Å². The van der Waals surface area contributed by atoms with Gasteiger partial charge in [-0.15, -0.1) is 0 Å². The molecule has 0 spiro atoms. The van der Waals surface area contributed by atoms with Gasteiger partial charge in [-0.05, 0) is 0 Å². The first-order valence-corrected chi connectivity index (χ1v) is 9.08. The van der Waals surface area contributed by atoms with Gasteiger partial charge in [-0.2, -0.15) is 0 Å². The minimum absolute atomic E-state index is 2.18. The third-order valence-electron chi connectivity index (χ3n) is 3.79. The van der Waals surface area contributed by atoms with Crippen LogP contribution in [-0.2, 0) is 13.8 Å². The van der Waals surface area contributed by atoms with Crippen LogP contribution in [0.2, 0.25) is 0 Å². The molecule has 0 rings (SSSR count). The first kappa shape index (κ1) is 33.0. The second-order valence-electron chi connectivity index (χ2n) is 6.01. The van der Waals surface area contributed by atoms with E-state index in [0.717, 1.165) is 0 Å². The first-order chi connectivity index (χ1) is 14.6. The number of hydrogen-bond donors (Lipinski definition) is 3. The van der Waals surface area contributed by atoms with Gasteiger partial charge in [-0.25, -0.2) is 0 Å². The molecule has 0 atom stereocenters. The zero-order valence-corrected chi connectivity index (χ0v) is 16.2. The maximum absolute atomic E-state index is 13.5. The summed E-state index contributed by atoms with van der Waals surface area (Å²) in [7, 11) is -5.30. The summed E-state index contributed by atoms with van der Waals surface area (Å²) < 4.78 is 232. The molecule has 0 aromatic rings. The third-order valence-corrected chi connectivity index (χ3v) is 4.95. The summed E-state index contributed by atoms with van der Waals surface area (Å²) in [5.41, 5.74) is 0. The van der Waals surface area contributed by atoms with Crippen LogP contribution in [0.1, 0.15) is 6.42 Å². The second kappa shape index (κ2) is 9.14. The van der Waals surface area contributed by atoms with Crippen LogP contribution in [0.3, 0.4) is 0 Å².